The van der Waals surface area contributed by atoms with Crippen molar-refractivity contribution in [2.45, 2.75) is 20.5 Å². The highest BCUT2D eigenvalue weighted by Crippen LogP contribution is 2.25. The lowest BCUT2D eigenvalue weighted by molar-refractivity contribution is 0.0716. The zero-order valence-electron chi connectivity index (χ0n) is 13.3. The van der Waals surface area contributed by atoms with Crippen LogP contribution in [0.1, 0.15) is 19.4 Å². The zero-order chi connectivity index (χ0) is 16.7. The van der Waals surface area contributed by atoms with Gasteiger partial charge in [0.1, 0.15) is 16.0 Å². The van der Waals surface area contributed by atoms with E-state index in [-0.39, 0.29) is 9.91 Å². The molecule has 0 radical (unpaired) electrons. The highest BCUT2D eigenvalue weighted by atomic mass is 35.5. The number of ether oxygens (including phenoxy) is 2. The molecule has 0 heterocycles. The van der Waals surface area contributed by atoms with Crippen LogP contribution in [0, 0.1) is 5.41 Å². The Morgan fingerprint density at radius 1 is 1.00 bits per heavy atom. The molecule has 23 heavy (non-hydrogen) atoms. The van der Waals surface area contributed by atoms with Crippen LogP contribution in [0.5, 0.6) is 11.5 Å². The first kappa shape index (κ1) is 17.9. The molecule has 2 aromatic rings. The van der Waals surface area contributed by atoms with Gasteiger partial charge in [0.2, 0.25) is 0 Å². The molecule has 122 valence electrons. The molecule has 0 aliphatic rings. The zero-order valence-corrected chi connectivity index (χ0v) is 14.8. The average molecular weight is 351 g/mol. The molecule has 0 saturated heterocycles. The monoisotopic (exact) mass is 350 g/mol. The molecule has 0 spiro atoms. The number of para-hydroxylation sites is 1. The van der Waals surface area contributed by atoms with Crippen LogP contribution in [0.4, 0.5) is 0 Å². The van der Waals surface area contributed by atoms with E-state index < -0.39 is 0 Å². The summed E-state index contributed by atoms with van der Waals surface area (Å²) >= 11 is 11.4. The molecule has 0 fully saturated rings. The molecule has 0 atom stereocenters. The van der Waals surface area contributed by atoms with E-state index in [1.807, 2.05) is 68.4 Å². The van der Waals surface area contributed by atoms with Crippen molar-refractivity contribution in [3.05, 3.63) is 70.7 Å². The third-order valence-corrected chi connectivity index (χ3v) is 3.34. The van der Waals surface area contributed by atoms with Gasteiger partial charge >= 0.3 is 0 Å². The Kier molecular flexibility index (Phi) is 6.52. The fourth-order valence-electron chi connectivity index (χ4n) is 2.09. The summed E-state index contributed by atoms with van der Waals surface area (Å²) in [5, 5.41) is 0. The lowest BCUT2D eigenvalue weighted by atomic mass is 9.95. The summed E-state index contributed by atoms with van der Waals surface area (Å²) in [5.74, 6) is 1.61. The second kappa shape index (κ2) is 8.39. The van der Waals surface area contributed by atoms with Crippen LogP contribution in [0.15, 0.2) is 65.2 Å². The molecular weight excluding hydrogens is 331 g/mol. The molecule has 0 N–H and O–H groups in total. The first-order valence-electron chi connectivity index (χ1n) is 7.38. The molecule has 2 rings (SSSR count). The van der Waals surface area contributed by atoms with Crippen molar-refractivity contribution < 1.29 is 9.47 Å². The number of hydrogen-bond donors (Lipinski definition) is 0. The van der Waals surface area contributed by atoms with Crippen molar-refractivity contribution in [2.24, 2.45) is 5.41 Å². The van der Waals surface area contributed by atoms with Gasteiger partial charge in [-0.2, -0.15) is 0 Å². The molecule has 0 bridgehead atoms. The number of rotatable bonds is 7. The molecule has 0 saturated carbocycles. The Morgan fingerprint density at radius 3 is 2.39 bits per heavy atom. The Hall–Kier alpha value is -1.48. The van der Waals surface area contributed by atoms with Gasteiger partial charge in [-0.05, 0) is 35.9 Å². The van der Waals surface area contributed by atoms with E-state index in [0.29, 0.717) is 13.2 Å². The van der Waals surface area contributed by atoms with E-state index in [1.165, 1.54) is 0 Å². The van der Waals surface area contributed by atoms with E-state index >= 15 is 0 Å². The SMILES string of the molecule is CC(C)(C=C(Cl)Cl)COCc1cccc(Oc2ccccc2)c1. The number of halogens is 2. The lowest BCUT2D eigenvalue weighted by Gasteiger charge is -2.20. The topological polar surface area (TPSA) is 18.5 Å². The highest BCUT2D eigenvalue weighted by Gasteiger charge is 2.15. The molecule has 0 amide bonds. The lowest BCUT2D eigenvalue weighted by Crippen LogP contribution is -2.16. The van der Waals surface area contributed by atoms with Crippen LogP contribution < -0.4 is 4.74 Å². The maximum atomic E-state index is 5.82. The molecule has 0 unspecified atom stereocenters. The molecule has 0 aliphatic heterocycles. The fourth-order valence-corrected chi connectivity index (χ4v) is 2.68. The smallest absolute Gasteiger partial charge is 0.127 e. The first-order valence-corrected chi connectivity index (χ1v) is 8.14. The van der Waals surface area contributed by atoms with Crippen LogP contribution in [0.3, 0.4) is 0 Å². The van der Waals surface area contributed by atoms with Crippen LogP contribution in [0.2, 0.25) is 0 Å². The van der Waals surface area contributed by atoms with Gasteiger partial charge in [-0.3, -0.25) is 0 Å². The van der Waals surface area contributed by atoms with Crippen LogP contribution in [0.25, 0.3) is 0 Å². The second-order valence-electron chi connectivity index (χ2n) is 5.98. The maximum absolute atomic E-state index is 5.82. The summed E-state index contributed by atoms with van der Waals surface area (Å²) < 4.78 is 11.9. The van der Waals surface area contributed by atoms with Gasteiger partial charge in [-0.1, -0.05) is 67.4 Å². The van der Waals surface area contributed by atoms with Crippen LogP contribution >= 0.6 is 23.2 Å². The van der Waals surface area contributed by atoms with Crippen LogP contribution in [-0.4, -0.2) is 6.61 Å². The standard InChI is InChI=1S/C19H20Cl2O2/c1-19(2,12-18(20)21)14-22-13-15-7-6-10-17(11-15)23-16-8-4-3-5-9-16/h3-12H,13-14H2,1-2H3. The van der Waals surface area contributed by atoms with Crippen molar-refractivity contribution >= 4 is 23.2 Å². The van der Waals surface area contributed by atoms with Gasteiger partial charge in [-0.25, -0.2) is 0 Å². The molecular formula is C19H20Cl2O2. The van der Waals surface area contributed by atoms with Crippen molar-refractivity contribution in [1.29, 1.82) is 0 Å². The summed E-state index contributed by atoms with van der Waals surface area (Å²) in [7, 11) is 0. The minimum Gasteiger partial charge on any atom is -0.457 e. The van der Waals surface area contributed by atoms with Gasteiger partial charge in [0.15, 0.2) is 0 Å². The summed E-state index contributed by atoms with van der Waals surface area (Å²) in [6.07, 6.45) is 1.78. The summed E-state index contributed by atoms with van der Waals surface area (Å²) in [5.41, 5.74) is 0.840. The minimum atomic E-state index is -0.211. The highest BCUT2D eigenvalue weighted by molar-refractivity contribution is 6.55. The Balaban J connectivity index is 1.92. The second-order valence-corrected chi connectivity index (χ2v) is 6.99. The van der Waals surface area contributed by atoms with Gasteiger partial charge in [-0.15, -0.1) is 0 Å². The van der Waals surface area contributed by atoms with E-state index in [4.69, 9.17) is 32.7 Å². The fraction of sp³-hybridized carbons (Fsp3) is 0.263. The largest absolute Gasteiger partial charge is 0.457 e. The predicted octanol–water partition coefficient (Wildman–Crippen LogP) is 6.34. The van der Waals surface area contributed by atoms with Crippen molar-refractivity contribution in [3.8, 4) is 11.5 Å². The van der Waals surface area contributed by atoms with Crippen molar-refractivity contribution in [3.63, 3.8) is 0 Å². The Bertz CT molecular complexity index is 647. The predicted molar refractivity (Wildman–Crippen MR) is 96.2 cm³/mol. The van der Waals surface area contributed by atoms with Gasteiger partial charge in [0.25, 0.3) is 0 Å². The van der Waals surface area contributed by atoms with E-state index in [9.17, 15) is 0 Å². The van der Waals surface area contributed by atoms with E-state index in [2.05, 4.69) is 0 Å². The van der Waals surface area contributed by atoms with Gasteiger partial charge in [0.05, 0.1) is 13.2 Å². The maximum Gasteiger partial charge on any atom is 0.127 e. The van der Waals surface area contributed by atoms with E-state index in [0.717, 1.165) is 17.1 Å². The van der Waals surface area contributed by atoms with Crippen LogP contribution in [-0.2, 0) is 11.3 Å². The molecule has 0 aliphatic carbocycles. The Morgan fingerprint density at radius 2 is 1.70 bits per heavy atom. The van der Waals surface area contributed by atoms with Gasteiger partial charge in [0, 0.05) is 5.41 Å². The number of benzene rings is 2. The molecule has 0 aromatic heterocycles. The summed E-state index contributed by atoms with van der Waals surface area (Å²) in [6, 6.07) is 17.6. The number of hydrogen-bond acceptors (Lipinski definition) is 2. The normalized spacial score (nSPS) is 11.1. The molecule has 4 heteroatoms. The average Bonchev–Trinajstić information content (AvgIpc) is 2.47. The molecule has 2 nitrogen and oxygen atoms in total. The minimum absolute atomic E-state index is 0.211. The van der Waals surface area contributed by atoms with E-state index in [1.54, 1.807) is 6.08 Å². The first-order chi connectivity index (χ1) is 10.9. The van der Waals surface area contributed by atoms with Crippen molar-refractivity contribution in [1.82, 2.24) is 0 Å². The molecule has 2 aromatic carbocycles. The summed E-state index contributed by atoms with van der Waals surface area (Å²) in [6.45, 7) is 5.07. The third kappa shape index (κ3) is 6.66. The Labute approximate surface area is 147 Å². The van der Waals surface area contributed by atoms with Gasteiger partial charge < -0.3 is 9.47 Å². The van der Waals surface area contributed by atoms with Crippen molar-refractivity contribution in [2.75, 3.05) is 6.61 Å². The third-order valence-electron chi connectivity index (χ3n) is 3.12. The quantitative estimate of drug-likeness (QED) is 0.579. The summed E-state index contributed by atoms with van der Waals surface area (Å²) in [4.78, 5) is 0.